The molecular weight excluding hydrogens is 616 g/mol. The van der Waals surface area contributed by atoms with Crippen LogP contribution in [-0.4, -0.2) is 60.4 Å². The van der Waals surface area contributed by atoms with Gasteiger partial charge in [0.15, 0.2) is 0 Å². The van der Waals surface area contributed by atoms with Crippen LogP contribution in [0.5, 0.6) is 0 Å². The molecule has 4 aromatic rings. The number of fused-ring (bicyclic) bond motifs is 1. The predicted octanol–water partition coefficient (Wildman–Crippen LogP) is 4.05. The second-order valence-electron chi connectivity index (χ2n) is 12.8. The number of aromatic nitrogens is 2. The van der Waals surface area contributed by atoms with Crippen LogP contribution in [0.2, 0.25) is 0 Å². The molecule has 0 bridgehead atoms. The highest BCUT2D eigenvalue weighted by molar-refractivity contribution is 7.89. The van der Waals surface area contributed by atoms with E-state index in [1.807, 2.05) is 37.3 Å². The van der Waals surface area contributed by atoms with Crippen molar-refractivity contribution >= 4 is 38.4 Å². The largest absolute Gasteiger partial charge is 0.344 e. The highest BCUT2D eigenvalue weighted by Crippen LogP contribution is 2.31. The third-order valence-electron chi connectivity index (χ3n) is 9.62. The number of hydrogen-bond donors (Lipinski definition) is 5. The standard InChI is InChI=1S/C35H42N6O5S/c1-22-7-13-28(47(45,46)41-15-2-3-16-41)20-30(22)26-6-4-5-24(17-26)18-32(38-33(42)25-10-8-23(21-36)9-11-25)35(44)37-27-12-14-29-31(19-27)39-40-34(29)43/h4-7,12-14,17,19-20,23,25,32H,2-3,8-11,15-16,18,21,36H2,1H3,(H,37,44)(H,38,42)(H2,39,40,43)/t23?,25?,32-/m0/s1. The van der Waals surface area contributed by atoms with Crippen molar-refractivity contribution in [3.8, 4) is 11.1 Å². The minimum absolute atomic E-state index is 0.155. The van der Waals surface area contributed by atoms with E-state index in [2.05, 4.69) is 20.8 Å². The van der Waals surface area contributed by atoms with E-state index in [0.717, 1.165) is 60.8 Å². The van der Waals surface area contributed by atoms with Crippen LogP contribution in [0.4, 0.5) is 5.69 Å². The Kier molecular flexibility index (Phi) is 9.62. The van der Waals surface area contributed by atoms with Crippen molar-refractivity contribution in [2.45, 2.75) is 62.8 Å². The number of anilines is 1. The lowest BCUT2D eigenvalue weighted by Crippen LogP contribution is -2.48. The molecule has 6 N–H and O–H groups in total. The minimum atomic E-state index is -3.59. The van der Waals surface area contributed by atoms with Gasteiger partial charge in [0.2, 0.25) is 21.8 Å². The molecule has 47 heavy (non-hydrogen) atoms. The fraction of sp³-hybridized carbons (Fsp3) is 0.400. The number of H-pyrrole nitrogens is 2. The van der Waals surface area contributed by atoms with Crippen LogP contribution in [0, 0.1) is 18.8 Å². The van der Waals surface area contributed by atoms with Crippen LogP contribution in [0.1, 0.15) is 49.7 Å². The maximum atomic E-state index is 13.8. The van der Waals surface area contributed by atoms with Gasteiger partial charge in [0, 0.05) is 31.1 Å². The van der Waals surface area contributed by atoms with Gasteiger partial charge in [0.05, 0.1) is 15.8 Å². The van der Waals surface area contributed by atoms with Crippen molar-refractivity contribution in [1.82, 2.24) is 19.8 Å². The molecule has 0 radical (unpaired) electrons. The van der Waals surface area contributed by atoms with Crippen LogP contribution in [-0.2, 0) is 26.0 Å². The first-order valence-electron chi connectivity index (χ1n) is 16.3. The van der Waals surface area contributed by atoms with Crippen molar-refractivity contribution in [3.63, 3.8) is 0 Å². The zero-order chi connectivity index (χ0) is 33.1. The lowest BCUT2D eigenvalue weighted by molar-refractivity contribution is -0.130. The Morgan fingerprint density at radius 1 is 0.979 bits per heavy atom. The highest BCUT2D eigenvalue weighted by Gasteiger charge is 2.30. The summed E-state index contributed by atoms with van der Waals surface area (Å²) in [6.07, 6.45) is 5.16. The smallest absolute Gasteiger partial charge is 0.271 e. The van der Waals surface area contributed by atoms with Crippen molar-refractivity contribution in [3.05, 3.63) is 82.1 Å². The fourth-order valence-corrected chi connectivity index (χ4v) is 8.30. The van der Waals surface area contributed by atoms with Gasteiger partial charge in [-0.1, -0.05) is 30.3 Å². The minimum Gasteiger partial charge on any atom is -0.344 e. The Bertz CT molecular complexity index is 1940. The van der Waals surface area contributed by atoms with Crippen LogP contribution >= 0.6 is 0 Å². The predicted molar refractivity (Wildman–Crippen MR) is 182 cm³/mol. The second-order valence-corrected chi connectivity index (χ2v) is 14.8. The number of carbonyl (C=O) groups is 2. The van der Waals surface area contributed by atoms with Crippen LogP contribution < -0.4 is 21.9 Å². The third kappa shape index (κ3) is 7.19. The molecule has 0 spiro atoms. The Morgan fingerprint density at radius 2 is 1.74 bits per heavy atom. The van der Waals surface area contributed by atoms with E-state index >= 15 is 0 Å². The molecule has 2 amide bonds. The average Bonchev–Trinajstić information content (AvgIpc) is 3.76. The Labute approximate surface area is 274 Å². The maximum absolute atomic E-state index is 13.8. The van der Waals surface area contributed by atoms with E-state index in [4.69, 9.17) is 5.73 Å². The number of aryl methyl sites for hydroxylation is 1. The quantitative estimate of drug-likeness (QED) is 0.172. The lowest BCUT2D eigenvalue weighted by atomic mass is 9.81. The lowest BCUT2D eigenvalue weighted by Gasteiger charge is -2.28. The topological polar surface area (TPSA) is 170 Å². The van der Waals surface area contributed by atoms with Crippen LogP contribution in [0.15, 0.2) is 70.4 Å². The van der Waals surface area contributed by atoms with E-state index in [1.54, 1.807) is 30.3 Å². The molecule has 3 aromatic carbocycles. The van der Waals surface area contributed by atoms with Crippen molar-refractivity contribution in [1.29, 1.82) is 0 Å². The first-order chi connectivity index (χ1) is 22.6. The molecule has 2 heterocycles. The van der Waals surface area contributed by atoms with E-state index in [0.29, 0.717) is 42.1 Å². The second kappa shape index (κ2) is 13.8. The van der Waals surface area contributed by atoms with E-state index in [-0.39, 0.29) is 34.6 Å². The molecule has 11 nitrogen and oxygen atoms in total. The van der Waals surface area contributed by atoms with Gasteiger partial charge in [-0.3, -0.25) is 24.6 Å². The first-order valence-corrected chi connectivity index (χ1v) is 17.8. The molecule has 1 aliphatic heterocycles. The number of hydrogen-bond acceptors (Lipinski definition) is 6. The van der Waals surface area contributed by atoms with Gasteiger partial charge in [-0.2, -0.15) is 4.31 Å². The zero-order valence-corrected chi connectivity index (χ0v) is 27.4. The summed E-state index contributed by atoms with van der Waals surface area (Å²) in [4.78, 5) is 39.5. The number of carbonyl (C=O) groups excluding carboxylic acids is 2. The van der Waals surface area contributed by atoms with Gasteiger partial charge in [0.1, 0.15) is 6.04 Å². The number of nitrogens with two attached hydrogens (primary N) is 1. The summed E-state index contributed by atoms with van der Waals surface area (Å²) in [6.45, 7) is 3.61. The van der Waals surface area contributed by atoms with Crippen LogP contribution in [0.25, 0.3) is 22.0 Å². The van der Waals surface area contributed by atoms with Gasteiger partial charge >= 0.3 is 0 Å². The maximum Gasteiger partial charge on any atom is 0.271 e. The summed E-state index contributed by atoms with van der Waals surface area (Å²) in [5, 5.41) is 11.8. The molecule has 1 saturated carbocycles. The first kappa shape index (κ1) is 32.7. The average molecular weight is 659 g/mol. The van der Waals surface area contributed by atoms with Crippen molar-refractivity contribution in [2.75, 3.05) is 25.0 Å². The number of aromatic amines is 2. The highest BCUT2D eigenvalue weighted by atomic mass is 32.2. The number of nitrogens with zero attached hydrogens (tertiary/aromatic N) is 1. The normalized spacial score (nSPS) is 19.4. The van der Waals surface area contributed by atoms with Gasteiger partial charge in [-0.05, 0) is 110 Å². The van der Waals surface area contributed by atoms with Gasteiger partial charge < -0.3 is 16.4 Å². The SMILES string of the molecule is Cc1ccc(S(=O)(=O)N2CCCC2)cc1-c1cccc(C[C@H](NC(=O)C2CCC(CN)CC2)C(=O)Nc2ccc3c(=O)[nH][nH]c3c2)c1. The summed E-state index contributed by atoms with van der Waals surface area (Å²) >= 11 is 0. The van der Waals surface area contributed by atoms with Crippen LogP contribution in [0.3, 0.4) is 0 Å². The zero-order valence-electron chi connectivity index (χ0n) is 26.6. The molecular formula is C35H42N6O5S. The monoisotopic (exact) mass is 658 g/mol. The molecule has 1 aromatic heterocycles. The fourth-order valence-electron chi connectivity index (χ4n) is 6.76. The van der Waals surface area contributed by atoms with Gasteiger partial charge in [-0.15, -0.1) is 0 Å². The summed E-state index contributed by atoms with van der Waals surface area (Å²) in [6, 6.07) is 17.0. The van der Waals surface area contributed by atoms with E-state index in [9.17, 15) is 22.8 Å². The summed E-state index contributed by atoms with van der Waals surface area (Å²) in [7, 11) is -3.59. The molecule has 2 aliphatic rings. The molecule has 0 unspecified atom stereocenters. The number of nitrogens with one attached hydrogen (secondary N) is 4. The third-order valence-corrected chi connectivity index (χ3v) is 11.5. The van der Waals surface area contributed by atoms with Crippen molar-refractivity contribution in [2.24, 2.45) is 17.6 Å². The molecule has 1 aliphatic carbocycles. The van der Waals surface area contributed by atoms with Crippen molar-refractivity contribution < 1.29 is 18.0 Å². The molecule has 2 fully saturated rings. The molecule has 1 atom stereocenters. The molecule has 12 heteroatoms. The summed E-state index contributed by atoms with van der Waals surface area (Å²) in [5.74, 6) is -0.309. The Morgan fingerprint density at radius 3 is 2.49 bits per heavy atom. The number of rotatable bonds is 10. The number of benzene rings is 3. The Hall–Kier alpha value is -4.26. The van der Waals surface area contributed by atoms with Gasteiger partial charge in [0.25, 0.3) is 5.56 Å². The summed E-state index contributed by atoms with van der Waals surface area (Å²) < 4.78 is 28.2. The molecule has 6 rings (SSSR count). The number of sulfonamides is 1. The van der Waals surface area contributed by atoms with E-state index in [1.165, 1.54) is 4.31 Å². The Balaban J connectivity index is 1.26. The van der Waals surface area contributed by atoms with Gasteiger partial charge in [-0.25, -0.2) is 8.42 Å². The summed E-state index contributed by atoms with van der Waals surface area (Å²) in [5.41, 5.74) is 10.0. The molecule has 248 valence electrons. The molecule has 1 saturated heterocycles. The number of amides is 2. The van der Waals surface area contributed by atoms with E-state index < -0.39 is 16.1 Å².